The third-order valence-corrected chi connectivity index (χ3v) is 12.0. The van der Waals surface area contributed by atoms with Crippen molar-refractivity contribution in [3.05, 3.63) is 0 Å². The van der Waals surface area contributed by atoms with E-state index in [2.05, 4.69) is 27.7 Å². The first-order valence-electron chi connectivity index (χ1n) is 14.1. The molecule has 0 rings (SSSR count). The first-order chi connectivity index (χ1) is 14.2. The van der Waals surface area contributed by atoms with Gasteiger partial charge in [0.15, 0.2) is 0 Å². The molecule has 0 saturated carbocycles. The second-order valence-electron chi connectivity index (χ2n) is 9.89. The molecule has 0 saturated heterocycles. The maximum absolute atomic E-state index is 2.39. The van der Waals surface area contributed by atoms with Crippen molar-refractivity contribution in [2.45, 2.75) is 156 Å². The van der Waals surface area contributed by atoms with Gasteiger partial charge in [0.25, 0.3) is 0 Å². The summed E-state index contributed by atoms with van der Waals surface area (Å²) in [5.41, 5.74) is 0. The van der Waals surface area contributed by atoms with Crippen molar-refractivity contribution < 1.29 is 4.70 Å². The van der Waals surface area contributed by atoms with Gasteiger partial charge in [-0.2, -0.15) is 0 Å². The molecule has 0 spiro atoms. The lowest BCUT2D eigenvalue weighted by Crippen LogP contribution is -3.00. The molecule has 0 aromatic carbocycles. The standard InChI is InChI=1S/C28H60P.FH/c1-5-9-13-14-15-16-17-18-19-20-21-22-23-24-28-29(25-10-6-2,26-11-7-3)27-12-8-4;/h5-28H2,1-4H3;1H/q+1;/p-1. The van der Waals surface area contributed by atoms with E-state index in [4.69, 9.17) is 0 Å². The Bertz CT molecular complexity index is 283. The molecule has 0 fully saturated rings. The van der Waals surface area contributed by atoms with Gasteiger partial charge in [-0.05, 0) is 32.1 Å². The second kappa shape index (κ2) is 25.6. The zero-order valence-electron chi connectivity index (χ0n) is 21.8. The van der Waals surface area contributed by atoms with Crippen LogP contribution in [0, 0.1) is 0 Å². The normalized spacial score (nSPS) is 11.6. The minimum absolute atomic E-state index is 0. The molecule has 0 aliphatic carbocycles. The van der Waals surface area contributed by atoms with Gasteiger partial charge in [0, 0.05) is 7.26 Å². The van der Waals surface area contributed by atoms with Crippen LogP contribution in [0.25, 0.3) is 0 Å². The quantitative estimate of drug-likeness (QED) is 0.104. The molecule has 184 valence electrons. The Balaban J connectivity index is 0. The van der Waals surface area contributed by atoms with Crippen LogP contribution >= 0.6 is 7.26 Å². The number of rotatable bonds is 24. The highest BCUT2D eigenvalue weighted by atomic mass is 31.2. The van der Waals surface area contributed by atoms with Crippen molar-refractivity contribution in [2.24, 2.45) is 0 Å². The van der Waals surface area contributed by atoms with Crippen molar-refractivity contribution in [1.29, 1.82) is 0 Å². The summed E-state index contributed by atoms with van der Waals surface area (Å²) in [5.74, 6) is 0. The largest absolute Gasteiger partial charge is 1.00 e. The van der Waals surface area contributed by atoms with Gasteiger partial charge < -0.3 is 4.70 Å². The van der Waals surface area contributed by atoms with Gasteiger partial charge in [-0.15, -0.1) is 0 Å². The average molecular weight is 447 g/mol. The van der Waals surface area contributed by atoms with Crippen molar-refractivity contribution >= 4 is 7.26 Å². The van der Waals surface area contributed by atoms with Gasteiger partial charge in [0.2, 0.25) is 0 Å². The van der Waals surface area contributed by atoms with Crippen LogP contribution < -0.4 is 4.70 Å². The zero-order valence-corrected chi connectivity index (χ0v) is 22.7. The summed E-state index contributed by atoms with van der Waals surface area (Å²) in [6.07, 6.45) is 36.0. The van der Waals surface area contributed by atoms with Gasteiger partial charge in [0.1, 0.15) is 0 Å². The maximum atomic E-state index is 2.39. The Morgan fingerprint density at radius 2 is 0.533 bits per heavy atom. The van der Waals surface area contributed by atoms with Crippen LogP contribution in [0.2, 0.25) is 0 Å². The van der Waals surface area contributed by atoms with Crippen molar-refractivity contribution in [1.82, 2.24) is 0 Å². The van der Waals surface area contributed by atoms with Crippen LogP contribution in [0.5, 0.6) is 0 Å². The van der Waals surface area contributed by atoms with Crippen molar-refractivity contribution in [3.63, 3.8) is 0 Å². The molecule has 0 heterocycles. The topological polar surface area (TPSA) is 0 Å². The zero-order chi connectivity index (χ0) is 21.5. The third-order valence-electron chi connectivity index (χ3n) is 6.94. The lowest BCUT2D eigenvalue weighted by molar-refractivity contribution is -0.00000667. The number of hydrogen-bond donors (Lipinski definition) is 0. The fourth-order valence-electron chi connectivity index (χ4n) is 4.79. The summed E-state index contributed by atoms with van der Waals surface area (Å²) in [5, 5.41) is 0. The first kappa shape index (κ1) is 32.5. The molecule has 0 bridgehead atoms. The molecule has 2 heteroatoms. The summed E-state index contributed by atoms with van der Waals surface area (Å²) < 4.78 is 0. The van der Waals surface area contributed by atoms with E-state index < -0.39 is 7.26 Å². The SMILES string of the molecule is CCCCCCCCCCCCCCCC[P+](CCCC)(CCCC)CCCC.[F-]. The van der Waals surface area contributed by atoms with Crippen LogP contribution in [0.1, 0.15) is 156 Å². The minimum atomic E-state index is -0.630. The van der Waals surface area contributed by atoms with Gasteiger partial charge in [0.05, 0.1) is 24.6 Å². The van der Waals surface area contributed by atoms with E-state index in [9.17, 15) is 0 Å². The summed E-state index contributed by atoms with van der Waals surface area (Å²) >= 11 is 0. The van der Waals surface area contributed by atoms with E-state index in [0.29, 0.717) is 0 Å². The van der Waals surface area contributed by atoms with Crippen molar-refractivity contribution in [3.8, 4) is 0 Å². The molecule has 0 nitrogen and oxygen atoms in total. The molecule has 0 unspecified atom stereocenters. The van der Waals surface area contributed by atoms with E-state index in [1.54, 1.807) is 31.1 Å². The van der Waals surface area contributed by atoms with Crippen LogP contribution in [0.15, 0.2) is 0 Å². The average Bonchev–Trinajstić information content (AvgIpc) is 2.74. The molecule has 0 N–H and O–H groups in total. The van der Waals surface area contributed by atoms with E-state index in [1.165, 1.54) is 122 Å². The predicted molar refractivity (Wildman–Crippen MR) is 141 cm³/mol. The molecule has 0 radical (unpaired) electrons. The Labute approximate surface area is 192 Å². The number of halogens is 1. The summed E-state index contributed by atoms with van der Waals surface area (Å²) in [4.78, 5) is 0. The van der Waals surface area contributed by atoms with E-state index >= 15 is 0 Å². The molecule has 0 aliphatic rings. The highest BCUT2D eigenvalue weighted by molar-refractivity contribution is 7.75. The molecule has 0 aliphatic heterocycles. The van der Waals surface area contributed by atoms with E-state index in [-0.39, 0.29) is 4.70 Å². The number of unbranched alkanes of at least 4 members (excludes halogenated alkanes) is 16. The lowest BCUT2D eigenvalue weighted by Gasteiger charge is -2.28. The molecule has 0 aromatic heterocycles. The summed E-state index contributed by atoms with van der Waals surface area (Å²) in [6.45, 7) is 9.48. The lowest BCUT2D eigenvalue weighted by atomic mass is 10.0. The monoisotopic (exact) mass is 446 g/mol. The van der Waals surface area contributed by atoms with E-state index in [0.717, 1.165) is 0 Å². The molecular formula is C28H60FP. The van der Waals surface area contributed by atoms with Crippen molar-refractivity contribution in [2.75, 3.05) is 24.6 Å². The first-order valence-corrected chi connectivity index (χ1v) is 16.6. The summed E-state index contributed by atoms with van der Waals surface area (Å²) in [6, 6.07) is 0. The van der Waals surface area contributed by atoms with Crippen LogP contribution in [-0.2, 0) is 0 Å². The van der Waals surface area contributed by atoms with Gasteiger partial charge in [-0.3, -0.25) is 0 Å². The van der Waals surface area contributed by atoms with Gasteiger partial charge in [-0.1, -0.05) is 124 Å². The predicted octanol–water partition coefficient (Wildman–Crippen LogP) is 7.89. The second-order valence-corrected chi connectivity index (χ2v) is 14.4. The molecular weight excluding hydrogens is 386 g/mol. The Morgan fingerprint density at radius 1 is 0.300 bits per heavy atom. The van der Waals surface area contributed by atoms with E-state index in [1.807, 2.05) is 0 Å². The molecule has 30 heavy (non-hydrogen) atoms. The molecule has 0 atom stereocenters. The third kappa shape index (κ3) is 20.3. The number of hydrogen-bond acceptors (Lipinski definition) is 0. The van der Waals surface area contributed by atoms with Gasteiger partial charge >= 0.3 is 0 Å². The van der Waals surface area contributed by atoms with Crippen LogP contribution in [-0.4, -0.2) is 24.6 Å². The summed E-state index contributed by atoms with van der Waals surface area (Å²) in [7, 11) is -0.630. The molecule has 0 aromatic rings. The smallest absolute Gasteiger partial charge is 0.0594 e. The Hall–Kier alpha value is 0.360. The Kier molecular flexibility index (Phi) is 27.8. The Morgan fingerprint density at radius 3 is 0.833 bits per heavy atom. The fourth-order valence-corrected chi connectivity index (χ4v) is 9.99. The minimum Gasteiger partial charge on any atom is -1.00 e. The highest BCUT2D eigenvalue weighted by Gasteiger charge is 2.34. The van der Waals surface area contributed by atoms with Crippen LogP contribution in [0.3, 0.4) is 0 Å². The van der Waals surface area contributed by atoms with Crippen LogP contribution in [0.4, 0.5) is 0 Å². The van der Waals surface area contributed by atoms with Gasteiger partial charge in [-0.25, -0.2) is 0 Å². The molecule has 0 amide bonds. The fraction of sp³-hybridized carbons (Fsp3) is 1.00. The highest BCUT2D eigenvalue weighted by Crippen LogP contribution is 2.61. The maximum Gasteiger partial charge on any atom is 0.0594 e.